The van der Waals surface area contributed by atoms with Gasteiger partial charge in [0.05, 0.1) is 6.61 Å². The van der Waals surface area contributed by atoms with E-state index < -0.39 is 0 Å². The maximum absolute atomic E-state index is 5.13. The van der Waals surface area contributed by atoms with Gasteiger partial charge in [-0.3, -0.25) is 0 Å². The predicted octanol–water partition coefficient (Wildman–Crippen LogP) is 3.56. The van der Waals surface area contributed by atoms with Crippen molar-refractivity contribution in [3.05, 3.63) is 21.9 Å². The van der Waals surface area contributed by atoms with E-state index in [0.29, 0.717) is 0 Å². The second kappa shape index (κ2) is 7.14. The highest BCUT2D eigenvalue weighted by Gasteiger charge is 2.12. The molecule has 1 aromatic heterocycles. The van der Waals surface area contributed by atoms with E-state index >= 15 is 0 Å². The zero-order valence-corrected chi connectivity index (χ0v) is 11.5. The summed E-state index contributed by atoms with van der Waals surface area (Å²) < 4.78 is 5.13. The molecule has 1 fully saturated rings. The first kappa shape index (κ1) is 13.1. The van der Waals surface area contributed by atoms with Crippen LogP contribution in [-0.2, 0) is 17.9 Å². The first-order chi connectivity index (χ1) is 8.38. The van der Waals surface area contributed by atoms with Gasteiger partial charge in [0, 0.05) is 23.4 Å². The highest BCUT2D eigenvalue weighted by Crippen LogP contribution is 2.23. The average molecular weight is 253 g/mol. The maximum atomic E-state index is 5.13. The van der Waals surface area contributed by atoms with Crippen molar-refractivity contribution in [3.8, 4) is 0 Å². The number of rotatable bonds is 6. The SMILES string of the molecule is COCc1ccc(CNCC2CCCCC2)s1. The smallest absolute Gasteiger partial charge is 0.0805 e. The van der Waals surface area contributed by atoms with Crippen LogP contribution in [0.1, 0.15) is 41.9 Å². The van der Waals surface area contributed by atoms with Crippen LogP contribution < -0.4 is 5.32 Å². The lowest BCUT2D eigenvalue weighted by atomic mass is 9.89. The van der Waals surface area contributed by atoms with Crippen molar-refractivity contribution < 1.29 is 4.74 Å². The highest BCUT2D eigenvalue weighted by atomic mass is 32.1. The number of thiophene rings is 1. The molecule has 0 aromatic carbocycles. The first-order valence-corrected chi connectivity index (χ1v) is 7.47. The minimum absolute atomic E-state index is 0.743. The molecule has 1 aliphatic rings. The summed E-state index contributed by atoms with van der Waals surface area (Å²) in [6, 6.07) is 4.39. The Balaban J connectivity index is 1.66. The molecular formula is C14H23NOS. The number of hydrogen-bond acceptors (Lipinski definition) is 3. The Morgan fingerprint density at radius 1 is 1.24 bits per heavy atom. The molecular weight excluding hydrogens is 230 g/mol. The third kappa shape index (κ3) is 4.41. The van der Waals surface area contributed by atoms with Crippen LogP contribution in [0.4, 0.5) is 0 Å². The van der Waals surface area contributed by atoms with Crippen molar-refractivity contribution in [3.63, 3.8) is 0 Å². The second-order valence-electron chi connectivity index (χ2n) is 4.94. The van der Waals surface area contributed by atoms with Gasteiger partial charge in [0.1, 0.15) is 0 Å². The largest absolute Gasteiger partial charge is 0.379 e. The Hall–Kier alpha value is -0.380. The summed E-state index contributed by atoms with van der Waals surface area (Å²) >= 11 is 1.86. The van der Waals surface area contributed by atoms with Gasteiger partial charge in [0.2, 0.25) is 0 Å². The molecule has 96 valence electrons. The quantitative estimate of drug-likeness (QED) is 0.837. The third-order valence-electron chi connectivity index (χ3n) is 3.46. The lowest BCUT2D eigenvalue weighted by Gasteiger charge is -2.21. The van der Waals surface area contributed by atoms with Crippen molar-refractivity contribution in [1.29, 1.82) is 0 Å². The predicted molar refractivity (Wildman–Crippen MR) is 73.3 cm³/mol. The Morgan fingerprint density at radius 3 is 2.76 bits per heavy atom. The lowest BCUT2D eigenvalue weighted by molar-refractivity contribution is 0.187. The monoisotopic (exact) mass is 253 g/mol. The Kier molecular flexibility index (Phi) is 5.49. The third-order valence-corrected chi connectivity index (χ3v) is 4.52. The summed E-state index contributed by atoms with van der Waals surface area (Å²) in [5, 5.41) is 3.60. The molecule has 0 bridgehead atoms. The lowest BCUT2D eigenvalue weighted by Crippen LogP contribution is -2.23. The number of ether oxygens (including phenoxy) is 1. The summed E-state index contributed by atoms with van der Waals surface area (Å²) in [5.74, 6) is 0.919. The molecule has 17 heavy (non-hydrogen) atoms. The molecule has 1 N–H and O–H groups in total. The fourth-order valence-corrected chi connectivity index (χ4v) is 3.49. The van der Waals surface area contributed by atoms with Crippen LogP contribution in [0.25, 0.3) is 0 Å². The van der Waals surface area contributed by atoms with E-state index in [1.807, 2.05) is 11.3 Å². The van der Waals surface area contributed by atoms with Gasteiger partial charge < -0.3 is 10.1 Å². The van der Waals surface area contributed by atoms with Gasteiger partial charge in [0.25, 0.3) is 0 Å². The Labute approximate surface area is 108 Å². The van der Waals surface area contributed by atoms with Crippen molar-refractivity contribution in [2.45, 2.75) is 45.3 Å². The van der Waals surface area contributed by atoms with Crippen molar-refractivity contribution in [1.82, 2.24) is 5.32 Å². The molecule has 0 unspecified atom stereocenters. The molecule has 0 amide bonds. The van der Waals surface area contributed by atoms with Crippen LogP contribution in [0.3, 0.4) is 0 Å². The second-order valence-corrected chi connectivity index (χ2v) is 6.19. The summed E-state index contributed by atoms with van der Waals surface area (Å²) in [6.07, 6.45) is 7.16. The van der Waals surface area contributed by atoms with Gasteiger partial charge in [0.15, 0.2) is 0 Å². The Morgan fingerprint density at radius 2 is 2.00 bits per heavy atom. The molecule has 0 spiro atoms. The fourth-order valence-electron chi connectivity index (χ4n) is 2.53. The summed E-state index contributed by atoms with van der Waals surface area (Å²) in [5.41, 5.74) is 0. The minimum atomic E-state index is 0.743. The molecule has 0 saturated heterocycles. The number of nitrogens with one attached hydrogen (secondary N) is 1. The van der Waals surface area contributed by atoms with E-state index in [1.54, 1.807) is 7.11 Å². The Bertz CT molecular complexity index is 318. The molecule has 0 aliphatic heterocycles. The van der Waals surface area contributed by atoms with Crippen LogP contribution in [-0.4, -0.2) is 13.7 Å². The van der Waals surface area contributed by atoms with Crippen LogP contribution >= 0.6 is 11.3 Å². The van der Waals surface area contributed by atoms with Gasteiger partial charge in [-0.15, -0.1) is 11.3 Å². The number of methoxy groups -OCH3 is 1. The molecule has 0 atom stereocenters. The molecule has 2 rings (SSSR count). The van der Waals surface area contributed by atoms with Gasteiger partial charge >= 0.3 is 0 Å². The summed E-state index contributed by atoms with van der Waals surface area (Å²) in [7, 11) is 1.75. The summed E-state index contributed by atoms with van der Waals surface area (Å²) in [6.45, 7) is 2.95. The minimum Gasteiger partial charge on any atom is -0.379 e. The van der Waals surface area contributed by atoms with Crippen LogP contribution in [0.2, 0.25) is 0 Å². The summed E-state index contributed by atoms with van der Waals surface area (Å²) in [4.78, 5) is 2.75. The molecule has 1 aliphatic carbocycles. The van der Waals surface area contributed by atoms with Crippen LogP contribution in [0, 0.1) is 5.92 Å². The standard InChI is InChI=1S/C14H23NOS/c1-16-11-14-8-7-13(17-14)10-15-9-12-5-3-2-4-6-12/h7-8,12,15H,2-6,9-11H2,1H3. The van der Waals surface area contributed by atoms with Crippen LogP contribution in [0.5, 0.6) is 0 Å². The fraction of sp³-hybridized carbons (Fsp3) is 0.714. The normalized spacial score (nSPS) is 17.5. The van der Waals surface area contributed by atoms with E-state index in [1.165, 1.54) is 48.4 Å². The average Bonchev–Trinajstić information content (AvgIpc) is 2.79. The highest BCUT2D eigenvalue weighted by molar-refractivity contribution is 7.11. The van der Waals surface area contributed by atoms with Gasteiger partial charge in [-0.25, -0.2) is 0 Å². The van der Waals surface area contributed by atoms with E-state index in [4.69, 9.17) is 4.74 Å². The van der Waals surface area contributed by atoms with Crippen molar-refractivity contribution in [2.75, 3.05) is 13.7 Å². The van der Waals surface area contributed by atoms with E-state index in [2.05, 4.69) is 17.4 Å². The zero-order chi connectivity index (χ0) is 11.9. The molecule has 1 aromatic rings. The van der Waals surface area contributed by atoms with Crippen molar-refractivity contribution in [2.24, 2.45) is 5.92 Å². The van der Waals surface area contributed by atoms with E-state index in [-0.39, 0.29) is 0 Å². The molecule has 1 heterocycles. The molecule has 1 saturated carbocycles. The van der Waals surface area contributed by atoms with Gasteiger partial charge in [-0.05, 0) is 37.4 Å². The van der Waals surface area contributed by atoms with Crippen molar-refractivity contribution >= 4 is 11.3 Å². The van der Waals surface area contributed by atoms with E-state index in [0.717, 1.165) is 19.1 Å². The number of hydrogen-bond donors (Lipinski definition) is 1. The zero-order valence-electron chi connectivity index (χ0n) is 10.7. The maximum Gasteiger partial charge on any atom is 0.0805 e. The van der Waals surface area contributed by atoms with Crippen LogP contribution in [0.15, 0.2) is 12.1 Å². The molecule has 3 heteroatoms. The van der Waals surface area contributed by atoms with Gasteiger partial charge in [-0.2, -0.15) is 0 Å². The first-order valence-electron chi connectivity index (χ1n) is 6.65. The topological polar surface area (TPSA) is 21.3 Å². The molecule has 2 nitrogen and oxygen atoms in total. The molecule has 0 radical (unpaired) electrons. The van der Waals surface area contributed by atoms with E-state index in [9.17, 15) is 0 Å². The van der Waals surface area contributed by atoms with Gasteiger partial charge in [-0.1, -0.05) is 19.3 Å².